The van der Waals surface area contributed by atoms with Crippen molar-refractivity contribution >= 4 is 22.6 Å². The standard InChI is InChI=1S/C19H21N3O3S/c1-26(25)17-4-2-15(3-5-17)19(24)22-12-8-16(9-13-22)21-18(23)14-6-10-20-11-7-14/h2-7,10-11,16H,8-9,12-13H2,1H3,(H,21,23)/t26-/m0/s1. The zero-order valence-corrected chi connectivity index (χ0v) is 15.4. The van der Waals surface area contributed by atoms with Gasteiger partial charge in [0.1, 0.15) is 0 Å². The molecule has 2 aromatic rings. The molecule has 136 valence electrons. The minimum Gasteiger partial charge on any atom is -0.349 e. The summed E-state index contributed by atoms with van der Waals surface area (Å²) < 4.78 is 11.4. The number of piperidine rings is 1. The van der Waals surface area contributed by atoms with E-state index in [0.29, 0.717) is 29.1 Å². The second kappa shape index (κ2) is 8.23. The number of nitrogens with zero attached hydrogens (tertiary/aromatic N) is 2. The predicted molar refractivity (Wildman–Crippen MR) is 99.4 cm³/mol. The highest BCUT2D eigenvalue weighted by molar-refractivity contribution is 7.84. The summed E-state index contributed by atoms with van der Waals surface area (Å²) in [5, 5.41) is 3.02. The summed E-state index contributed by atoms with van der Waals surface area (Å²) >= 11 is 0. The lowest BCUT2D eigenvalue weighted by Gasteiger charge is -2.32. The zero-order chi connectivity index (χ0) is 18.5. The Labute approximate surface area is 155 Å². The van der Waals surface area contributed by atoms with Gasteiger partial charge in [-0.3, -0.25) is 18.8 Å². The van der Waals surface area contributed by atoms with E-state index < -0.39 is 10.8 Å². The first-order chi connectivity index (χ1) is 12.5. The van der Waals surface area contributed by atoms with E-state index >= 15 is 0 Å². The molecule has 26 heavy (non-hydrogen) atoms. The van der Waals surface area contributed by atoms with Gasteiger partial charge in [-0.05, 0) is 49.2 Å². The molecule has 1 atom stereocenters. The molecule has 0 spiro atoms. The molecule has 0 radical (unpaired) electrons. The van der Waals surface area contributed by atoms with Crippen LogP contribution in [0.25, 0.3) is 0 Å². The Morgan fingerprint density at radius 3 is 2.23 bits per heavy atom. The molecule has 2 heterocycles. The molecule has 0 aliphatic carbocycles. The first kappa shape index (κ1) is 18.3. The number of carbonyl (C=O) groups excluding carboxylic acids is 2. The Kier molecular flexibility index (Phi) is 5.78. The fraction of sp³-hybridized carbons (Fsp3) is 0.316. The number of benzene rings is 1. The average molecular weight is 371 g/mol. The highest BCUT2D eigenvalue weighted by atomic mass is 32.2. The quantitative estimate of drug-likeness (QED) is 0.890. The molecule has 0 bridgehead atoms. The highest BCUT2D eigenvalue weighted by Crippen LogP contribution is 2.16. The van der Waals surface area contributed by atoms with Crippen molar-refractivity contribution in [3.63, 3.8) is 0 Å². The van der Waals surface area contributed by atoms with Crippen LogP contribution in [0, 0.1) is 0 Å². The van der Waals surface area contributed by atoms with Crippen LogP contribution in [0.3, 0.4) is 0 Å². The Morgan fingerprint density at radius 1 is 1.04 bits per heavy atom. The van der Waals surface area contributed by atoms with Gasteiger partial charge in [-0.15, -0.1) is 0 Å². The van der Waals surface area contributed by atoms with E-state index in [2.05, 4.69) is 10.3 Å². The lowest BCUT2D eigenvalue weighted by molar-refractivity contribution is 0.0698. The van der Waals surface area contributed by atoms with Crippen molar-refractivity contribution in [2.24, 2.45) is 0 Å². The van der Waals surface area contributed by atoms with Gasteiger partial charge in [0, 0.05) is 64.6 Å². The van der Waals surface area contributed by atoms with Crippen molar-refractivity contribution in [1.29, 1.82) is 0 Å². The fourth-order valence-corrected chi connectivity index (χ4v) is 3.49. The first-order valence-corrected chi connectivity index (χ1v) is 10.0. The van der Waals surface area contributed by atoms with Crippen molar-refractivity contribution in [2.75, 3.05) is 19.3 Å². The van der Waals surface area contributed by atoms with Crippen molar-refractivity contribution in [2.45, 2.75) is 23.8 Å². The number of amides is 2. The van der Waals surface area contributed by atoms with Gasteiger partial charge in [-0.2, -0.15) is 0 Å². The fourth-order valence-electron chi connectivity index (χ4n) is 2.97. The SMILES string of the molecule is C[S@](=O)c1ccc(C(=O)N2CCC(NC(=O)c3ccncc3)CC2)cc1. The predicted octanol–water partition coefficient (Wildman–Crippen LogP) is 1.85. The van der Waals surface area contributed by atoms with Gasteiger partial charge in [0.05, 0.1) is 0 Å². The van der Waals surface area contributed by atoms with Crippen molar-refractivity contribution in [3.8, 4) is 0 Å². The van der Waals surface area contributed by atoms with E-state index in [4.69, 9.17) is 0 Å². The van der Waals surface area contributed by atoms with E-state index in [-0.39, 0.29) is 17.9 Å². The number of rotatable bonds is 4. The summed E-state index contributed by atoms with van der Waals surface area (Å²) in [6.45, 7) is 1.20. The van der Waals surface area contributed by atoms with E-state index in [1.54, 1.807) is 59.9 Å². The molecule has 1 aliphatic heterocycles. The van der Waals surface area contributed by atoms with Crippen LogP contribution in [-0.2, 0) is 10.8 Å². The third-order valence-electron chi connectivity index (χ3n) is 4.49. The topological polar surface area (TPSA) is 79.4 Å². The molecule has 1 saturated heterocycles. The largest absolute Gasteiger partial charge is 0.349 e. The Balaban J connectivity index is 1.54. The second-order valence-electron chi connectivity index (χ2n) is 6.25. The normalized spacial score (nSPS) is 16.1. The Bertz CT molecular complexity index is 801. The van der Waals surface area contributed by atoms with E-state index in [0.717, 1.165) is 12.8 Å². The second-order valence-corrected chi connectivity index (χ2v) is 7.63. The minimum absolute atomic E-state index is 0.0302. The average Bonchev–Trinajstić information content (AvgIpc) is 2.69. The van der Waals surface area contributed by atoms with Gasteiger partial charge in [0.25, 0.3) is 11.8 Å². The van der Waals surface area contributed by atoms with Gasteiger partial charge >= 0.3 is 0 Å². The Hall–Kier alpha value is -2.54. The van der Waals surface area contributed by atoms with Crippen LogP contribution in [0.5, 0.6) is 0 Å². The van der Waals surface area contributed by atoms with E-state index in [9.17, 15) is 13.8 Å². The van der Waals surface area contributed by atoms with Gasteiger partial charge in [-0.1, -0.05) is 0 Å². The summed E-state index contributed by atoms with van der Waals surface area (Å²) in [7, 11) is -1.05. The molecule has 7 heteroatoms. The minimum atomic E-state index is -1.05. The van der Waals surface area contributed by atoms with Crippen LogP contribution < -0.4 is 5.32 Å². The summed E-state index contributed by atoms with van der Waals surface area (Å²) in [6, 6.07) is 10.3. The molecule has 0 saturated carbocycles. The number of likely N-dealkylation sites (tertiary alicyclic amines) is 1. The first-order valence-electron chi connectivity index (χ1n) is 8.48. The molecule has 1 aromatic carbocycles. The van der Waals surface area contributed by atoms with Gasteiger partial charge in [-0.25, -0.2) is 0 Å². The molecule has 1 aromatic heterocycles. The molecular formula is C19H21N3O3S. The van der Waals surface area contributed by atoms with Crippen LogP contribution in [0.2, 0.25) is 0 Å². The van der Waals surface area contributed by atoms with Crippen LogP contribution in [0.4, 0.5) is 0 Å². The van der Waals surface area contributed by atoms with Gasteiger partial charge < -0.3 is 10.2 Å². The maximum absolute atomic E-state index is 12.6. The molecule has 1 N–H and O–H groups in total. The maximum atomic E-state index is 12.6. The lowest BCUT2D eigenvalue weighted by atomic mass is 10.0. The van der Waals surface area contributed by atoms with Crippen LogP contribution in [-0.4, -0.2) is 51.3 Å². The third-order valence-corrected chi connectivity index (χ3v) is 5.43. The number of hydrogen-bond donors (Lipinski definition) is 1. The van der Waals surface area contributed by atoms with Crippen LogP contribution >= 0.6 is 0 Å². The van der Waals surface area contributed by atoms with Crippen LogP contribution in [0.15, 0.2) is 53.7 Å². The number of hydrogen-bond acceptors (Lipinski definition) is 4. The molecular weight excluding hydrogens is 350 g/mol. The summed E-state index contributed by atoms with van der Waals surface area (Å²) in [5.74, 6) is -0.141. The van der Waals surface area contributed by atoms with Crippen molar-refractivity contribution in [1.82, 2.24) is 15.2 Å². The van der Waals surface area contributed by atoms with E-state index in [1.807, 2.05) is 0 Å². The number of carbonyl (C=O) groups is 2. The maximum Gasteiger partial charge on any atom is 0.253 e. The molecule has 3 rings (SSSR count). The summed E-state index contributed by atoms with van der Waals surface area (Å²) in [5.41, 5.74) is 1.19. The Morgan fingerprint density at radius 2 is 1.65 bits per heavy atom. The monoisotopic (exact) mass is 371 g/mol. The summed E-state index contributed by atoms with van der Waals surface area (Å²) in [4.78, 5) is 31.2. The molecule has 2 amide bonds. The van der Waals surface area contributed by atoms with Gasteiger partial charge in [0.2, 0.25) is 0 Å². The molecule has 0 unspecified atom stereocenters. The van der Waals surface area contributed by atoms with Crippen molar-refractivity contribution in [3.05, 3.63) is 59.9 Å². The van der Waals surface area contributed by atoms with Crippen LogP contribution in [0.1, 0.15) is 33.6 Å². The summed E-state index contributed by atoms with van der Waals surface area (Å²) in [6.07, 6.45) is 6.24. The zero-order valence-electron chi connectivity index (χ0n) is 14.6. The number of aromatic nitrogens is 1. The lowest BCUT2D eigenvalue weighted by Crippen LogP contribution is -2.46. The van der Waals surface area contributed by atoms with Crippen molar-refractivity contribution < 1.29 is 13.8 Å². The molecule has 1 aliphatic rings. The molecule has 6 nitrogen and oxygen atoms in total. The van der Waals surface area contributed by atoms with Gasteiger partial charge in [0.15, 0.2) is 0 Å². The molecule has 1 fully saturated rings. The number of nitrogens with one attached hydrogen (secondary N) is 1. The highest BCUT2D eigenvalue weighted by Gasteiger charge is 2.24. The number of pyridine rings is 1. The van der Waals surface area contributed by atoms with E-state index in [1.165, 1.54) is 0 Å². The smallest absolute Gasteiger partial charge is 0.253 e. The third kappa shape index (κ3) is 4.35.